The lowest BCUT2D eigenvalue weighted by atomic mass is 10.4. The van der Waals surface area contributed by atoms with Gasteiger partial charge in [-0.3, -0.25) is 0 Å². The van der Waals surface area contributed by atoms with E-state index >= 15 is 0 Å². The summed E-state index contributed by atoms with van der Waals surface area (Å²) >= 11 is 1.95. The topological polar surface area (TPSA) is 16.1 Å². The fraction of sp³-hybridized carbons (Fsp3) is 0.444. The average molecular weight is 198 g/mol. The molecular weight excluding hydrogens is 187 g/mol. The van der Waals surface area contributed by atoms with Crippen molar-refractivity contribution < 1.29 is 4.39 Å². The predicted octanol–water partition coefficient (Wildman–Crippen LogP) is 1.77. The third-order valence-electron chi connectivity index (χ3n) is 2.05. The number of rotatable bonds is 1. The standard InChI is InChI=1S/C9H11FN2S/c10-8-1-2-9(11-7-8)12-3-5-13-6-4-12/h1-2,7H,3-6H2. The quantitative estimate of drug-likeness (QED) is 0.684. The second-order valence-corrected chi connectivity index (χ2v) is 4.16. The summed E-state index contributed by atoms with van der Waals surface area (Å²) in [7, 11) is 0. The number of nitrogens with zero attached hydrogens (tertiary/aromatic N) is 2. The van der Waals surface area contributed by atoms with Crippen molar-refractivity contribution in [1.82, 2.24) is 4.98 Å². The molecule has 1 aromatic rings. The molecule has 1 aliphatic heterocycles. The number of hydrogen-bond acceptors (Lipinski definition) is 3. The Hall–Kier alpha value is -0.770. The third-order valence-corrected chi connectivity index (χ3v) is 2.99. The van der Waals surface area contributed by atoms with Crippen molar-refractivity contribution in [3.63, 3.8) is 0 Å². The highest BCUT2D eigenvalue weighted by Crippen LogP contribution is 2.16. The van der Waals surface area contributed by atoms with Gasteiger partial charge in [-0.25, -0.2) is 9.37 Å². The molecule has 0 spiro atoms. The first-order valence-corrected chi connectivity index (χ1v) is 5.46. The lowest BCUT2D eigenvalue weighted by molar-refractivity contribution is 0.620. The van der Waals surface area contributed by atoms with Crippen LogP contribution in [0.4, 0.5) is 10.2 Å². The van der Waals surface area contributed by atoms with E-state index in [1.54, 1.807) is 6.07 Å². The summed E-state index contributed by atoms with van der Waals surface area (Å²) in [6.45, 7) is 2.03. The Kier molecular flexibility index (Phi) is 2.68. The van der Waals surface area contributed by atoms with E-state index in [0.717, 1.165) is 30.4 Å². The van der Waals surface area contributed by atoms with Gasteiger partial charge in [-0.1, -0.05) is 0 Å². The van der Waals surface area contributed by atoms with Crippen molar-refractivity contribution in [3.05, 3.63) is 24.1 Å². The van der Waals surface area contributed by atoms with E-state index in [9.17, 15) is 4.39 Å². The zero-order valence-corrected chi connectivity index (χ0v) is 8.06. The zero-order chi connectivity index (χ0) is 9.10. The van der Waals surface area contributed by atoms with Crippen molar-refractivity contribution in [2.75, 3.05) is 29.5 Å². The fourth-order valence-electron chi connectivity index (χ4n) is 1.35. The summed E-state index contributed by atoms with van der Waals surface area (Å²) in [6.07, 6.45) is 1.27. The van der Waals surface area contributed by atoms with Crippen molar-refractivity contribution in [1.29, 1.82) is 0 Å². The normalized spacial score (nSPS) is 17.5. The van der Waals surface area contributed by atoms with Gasteiger partial charge < -0.3 is 4.90 Å². The minimum Gasteiger partial charge on any atom is -0.355 e. The largest absolute Gasteiger partial charge is 0.355 e. The van der Waals surface area contributed by atoms with Crippen molar-refractivity contribution in [2.45, 2.75) is 0 Å². The Labute approximate surface area is 81.2 Å². The molecule has 70 valence electrons. The van der Waals surface area contributed by atoms with Crippen LogP contribution in [0.15, 0.2) is 18.3 Å². The maximum atomic E-state index is 12.6. The monoisotopic (exact) mass is 198 g/mol. The Balaban J connectivity index is 2.10. The predicted molar refractivity (Wildman–Crippen MR) is 53.7 cm³/mol. The van der Waals surface area contributed by atoms with Gasteiger partial charge in [0.25, 0.3) is 0 Å². The van der Waals surface area contributed by atoms with Gasteiger partial charge in [0, 0.05) is 24.6 Å². The second-order valence-electron chi connectivity index (χ2n) is 2.93. The van der Waals surface area contributed by atoms with E-state index in [0.29, 0.717) is 0 Å². The van der Waals surface area contributed by atoms with Gasteiger partial charge in [0.2, 0.25) is 0 Å². The smallest absolute Gasteiger partial charge is 0.141 e. The van der Waals surface area contributed by atoms with E-state index in [4.69, 9.17) is 0 Å². The Morgan fingerprint density at radius 2 is 2.08 bits per heavy atom. The van der Waals surface area contributed by atoms with Crippen LogP contribution in [0.25, 0.3) is 0 Å². The van der Waals surface area contributed by atoms with Crippen LogP contribution in [0.1, 0.15) is 0 Å². The van der Waals surface area contributed by atoms with E-state index in [1.807, 2.05) is 11.8 Å². The Morgan fingerprint density at radius 3 is 2.69 bits per heavy atom. The van der Waals surface area contributed by atoms with Crippen LogP contribution in [-0.4, -0.2) is 29.6 Å². The van der Waals surface area contributed by atoms with Gasteiger partial charge in [0.15, 0.2) is 0 Å². The molecule has 0 N–H and O–H groups in total. The first kappa shape index (κ1) is 8.81. The van der Waals surface area contributed by atoms with Gasteiger partial charge in [-0.05, 0) is 12.1 Å². The van der Waals surface area contributed by atoms with Crippen molar-refractivity contribution in [3.8, 4) is 0 Å². The molecule has 1 aliphatic rings. The van der Waals surface area contributed by atoms with Gasteiger partial charge in [0.1, 0.15) is 11.6 Å². The Morgan fingerprint density at radius 1 is 1.31 bits per heavy atom. The molecule has 0 unspecified atom stereocenters. The average Bonchev–Trinajstić information content (AvgIpc) is 2.20. The lowest BCUT2D eigenvalue weighted by Gasteiger charge is -2.27. The van der Waals surface area contributed by atoms with Gasteiger partial charge >= 0.3 is 0 Å². The van der Waals surface area contributed by atoms with Crippen molar-refractivity contribution in [2.24, 2.45) is 0 Å². The van der Waals surface area contributed by atoms with Gasteiger partial charge in [0.05, 0.1) is 6.20 Å². The highest BCUT2D eigenvalue weighted by molar-refractivity contribution is 7.99. The van der Waals surface area contributed by atoms with E-state index in [2.05, 4.69) is 9.88 Å². The molecule has 0 atom stereocenters. The van der Waals surface area contributed by atoms with Crippen LogP contribution >= 0.6 is 11.8 Å². The molecular formula is C9H11FN2S. The zero-order valence-electron chi connectivity index (χ0n) is 7.24. The number of pyridine rings is 1. The summed E-state index contributed by atoms with van der Waals surface area (Å²) in [5, 5.41) is 0. The molecule has 1 saturated heterocycles. The van der Waals surface area contributed by atoms with E-state index in [-0.39, 0.29) is 5.82 Å². The maximum Gasteiger partial charge on any atom is 0.141 e. The summed E-state index contributed by atoms with van der Waals surface area (Å²) in [6, 6.07) is 3.20. The molecule has 13 heavy (non-hydrogen) atoms. The number of hydrogen-bond donors (Lipinski definition) is 0. The molecule has 0 saturated carbocycles. The molecule has 0 aromatic carbocycles. The highest BCUT2D eigenvalue weighted by atomic mass is 32.2. The molecule has 4 heteroatoms. The summed E-state index contributed by atoms with van der Waals surface area (Å²) in [5.74, 6) is 2.90. The lowest BCUT2D eigenvalue weighted by Crippen LogP contribution is -2.32. The Bertz CT molecular complexity index is 269. The van der Waals surface area contributed by atoms with Crippen LogP contribution in [0.5, 0.6) is 0 Å². The number of anilines is 1. The number of halogens is 1. The maximum absolute atomic E-state index is 12.6. The first-order valence-electron chi connectivity index (χ1n) is 4.30. The molecule has 2 nitrogen and oxygen atoms in total. The van der Waals surface area contributed by atoms with Crippen LogP contribution in [0, 0.1) is 5.82 Å². The first-order chi connectivity index (χ1) is 6.36. The molecule has 1 fully saturated rings. The van der Waals surface area contributed by atoms with Crippen molar-refractivity contribution >= 4 is 17.6 Å². The molecule has 2 heterocycles. The summed E-state index contributed by atoms with van der Waals surface area (Å²) in [4.78, 5) is 6.23. The molecule has 0 amide bonds. The van der Waals surface area contributed by atoms with Gasteiger partial charge in [-0.2, -0.15) is 11.8 Å². The second kappa shape index (κ2) is 3.96. The highest BCUT2D eigenvalue weighted by Gasteiger charge is 2.11. The number of thioether (sulfide) groups is 1. The minimum atomic E-state index is -0.268. The summed E-state index contributed by atoms with van der Waals surface area (Å²) in [5.41, 5.74) is 0. The molecule has 0 bridgehead atoms. The summed E-state index contributed by atoms with van der Waals surface area (Å²) < 4.78 is 12.6. The van der Waals surface area contributed by atoms with Gasteiger partial charge in [-0.15, -0.1) is 0 Å². The van der Waals surface area contributed by atoms with Crippen LogP contribution in [-0.2, 0) is 0 Å². The molecule has 1 aromatic heterocycles. The minimum absolute atomic E-state index is 0.268. The SMILES string of the molecule is Fc1ccc(N2CCSCC2)nc1. The van der Waals surface area contributed by atoms with E-state index < -0.39 is 0 Å². The fourth-order valence-corrected chi connectivity index (χ4v) is 2.25. The van der Waals surface area contributed by atoms with Crippen LogP contribution in [0.2, 0.25) is 0 Å². The third kappa shape index (κ3) is 2.12. The number of aromatic nitrogens is 1. The molecule has 0 radical (unpaired) electrons. The molecule has 0 aliphatic carbocycles. The van der Waals surface area contributed by atoms with E-state index in [1.165, 1.54) is 12.3 Å². The van der Waals surface area contributed by atoms with Crippen LogP contribution in [0.3, 0.4) is 0 Å². The molecule has 2 rings (SSSR count). The van der Waals surface area contributed by atoms with Crippen LogP contribution < -0.4 is 4.90 Å².